The zero-order valence-electron chi connectivity index (χ0n) is 13.8. The third kappa shape index (κ3) is 3.81. The van der Waals surface area contributed by atoms with E-state index in [-0.39, 0.29) is 17.6 Å². The van der Waals surface area contributed by atoms with Crippen molar-refractivity contribution in [2.45, 2.75) is 69.9 Å². The third-order valence-electron chi connectivity index (χ3n) is 4.08. The molecule has 0 aromatic heterocycles. The Hall–Kier alpha value is -0.540. The minimum atomic E-state index is 0.0825. The summed E-state index contributed by atoms with van der Waals surface area (Å²) in [5, 5.41) is 0. The molecular formula is C18H27BrO2. The zero-order valence-corrected chi connectivity index (χ0v) is 15.4. The van der Waals surface area contributed by atoms with Gasteiger partial charge in [-0.05, 0) is 36.0 Å². The van der Waals surface area contributed by atoms with Gasteiger partial charge in [0.2, 0.25) is 0 Å². The van der Waals surface area contributed by atoms with Crippen LogP contribution in [0, 0.1) is 0 Å². The molecule has 0 N–H and O–H groups in total. The van der Waals surface area contributed by atoms with Crippen molar-refractivity contribution in [3.05, 3.63) is 29.3 Å². The van der Waals surface area contributed by atoms with Crippen molar-refractivity contribution >= 4 is 15.9 Å². The maximum Gasteiger partial charge on any atom is 0.127 e. The fraction of sp³-hybridized carbons (Fsp3) is 0.667. The first-order valence-corrected chi connectivity index (χ1v) is 8.84. The fourth-order valence-electron chi connectivity index (χ4n) is 2.70. The number of aryl methyl sites for hydroxylation is 1. The van der Waals surface area contributed by atoms with Crippen molar-refractivity contribution in [2.75, 3.05) is 6.61 Å². The van der Waals surface area contributed by atoms with Crippen molar-refractivity contribution in [3.63, 3.8) is 0 Å². The largest absolute Gasteiger partial charge is 0.487 e. The summed E-state index contributed by atoms with van der Waals surface area (Å²) >= 11 is 3.66. The van der Waals surface area contributed by atoms with E-state index >= 15 is 0 Å². The molecule has 1 aromatic rings. The van der Waals surface area contributed by atoms with E-state index in [9.17, 15) is 0 Å². The Morgan fingerprint density at radius 2 is 1.95 bits per heavy atom. The van der Waals surface area contributed by atoms with Gasteiger partial charge in [0.1, 0.15) is 18.0 Å². The minimum absolute atomic E-state index is 0.0825. The van der Waals surface area contributed by atoms with Crippen molar-refractivity contribution in [1.29, 1.82) is 0 Å². The number of alkyl halides is 1. The Kier molecular flexibility index (Phi) is 5.37. The van der Waals surface area contributed by atoms with Gasteiger partial charge >= 0.3 is 0 Å². The predicted molar refractivity (Wildman–Crippen MR) is 91.7 cm³/mol. The second-order valence-corrected chi connectivity index (χ2v) is 7.94. The lowest BCUT2D eigenvalue weighted by molar-refractivity contribution is -0.0728. The lowest BCUT2D eigenvalue weighted by Crippen LogP contribution is -2.52. The van der Waals surface area contributed by atoms with Gasteiger partial charge in [-0.1, -0.05) is 55.8 Å². The number of hydrogen-bond donors (Lipinski definition) is 0. The van der Waals surface area contributed by atoms with Crippen LogP contribution in [0.1, 0.15) is 52.2 Å². The van der Waals surface area contributed by atoms with E-state index in [4.69, 9.17) is 9.47 Å². The van der Waals surface area contributed by atoms with Crippen LogP contribution in [-0.2, 0) is 16.6 Å². The van der Waals surface area contributed by atoms with Crippen LogP contribution < -0.4 is 4.74 Å². The van der Waals surface area contributed by atoms with Crippen LogP contribution in [0.2, 0.25) is 0 Å². The van der Waals surface area contributed by atoms with E-state index in [1.54, 1.807) is 0 Å². The molecular weight excluding hydrogens is 328 g/mol. The van der Waals surface area contributed by atoms with Crippen LogP contribution in [0.15, 0.2) is 18.2 Å². The molecule has 0 bridgehead atoms. The number of rotatable bonds is 5. The van der Waals surface area contributed by atoms with Gasteiger partial charge in [-0.25, -0.2) is 0 Å². The van der Waals surface area contributed by atoms with Crippen molar-refractivity contribution in [3.8, 4) is 5.75 Å². The summed E-state index contributed by atoms with van der Waals surface area (Å²) in [6.07, 6.45) is 2.37. The molecule has 1 fully saturated rings. The van der Waals surface area contributed by atoms with Gasteiger partial charge in [-0.2, -0.15) is 0 Å². The molecule has 21 heavy (non-hydrogen) atoms. The lowest BCUT2D eigenvalue weighted by Gasteiger charge is -2.41. The molecule has 2 rings (SSSR count). The quantitative estimate of drug-likeness (QED) is 0.702. The Morgan fingerprint density at radius 3 is 2.48 bits per heavy atom. The molecule has 0 aliphatic heterocycles. The standard InChI is InChI=1S/C18H27BrO2/c1-6-12-8-9-15(13(10-12)18(3,4)5)21-16-11-14(19)17(16)20-7-2/h8-10,14,16-17H,6-7,11H2,1-5H3. The predicted octanol–water partition coefficient (Wildman–Crippen LogP) is 4.87. The second-order valence-electron chi connectivity index (χ2n) is 6.76. The maximum atomic E-state index is 6.29. The number of hydrogen-bond acceptors (Lipinski definition) is 2. The minimum Gasteiger partial charge on any atom is -0.487 e. The molecule has 3 heteroatoms. The summed E-state index contributed by atoms with van der Waals surface area (Å²) in [5.41, 5.74) is 2.73. The monoisotopic (exact) mass is 354 g/mol. The summed E-state index contributed by atoms with van der Waals surface area (Å²) in [7, 11) is 0. The molecule has 0 saturated heterocycles. The molecule has 1 aliphatic carbocycles. The average Bonchev–Trinajstić information content (AvgIpc) is 2.43. The maximum absolute atomic E-state index is 6.29. The molecule has 1 aromatic carbocycles. The van der Waals surface area contributed by atoms with Crippen LogP contribution in [0.3, 0.4) is 0 Å². The summed E-state index contributed by atoms with van der Waals surface area (Å²) in [6, 6.07) is 6.59. The van der Waals surface area contributed by atoms with Crippen LogP contribution in [0.25, 0.3) is 0 Å². The Bertz CT molecular complexity index is 479. The first-order chi connectivity index (χ1) is 9.86. The summed E-state index contributed by atoms with van der Waals surface area (Å²) in [4.78, 5) is 0.412. The molecule has 118 valence electrons. The highest BCUT2D eigenvalue weighted by Crippen LogP contribution is 2.38. The van der Waals surface area contributed by atoms with Gasteiger partial charge in [0.15, 0.2) is 0 Å². The second kappa shape index (κ2) is 6.70. The molecule has 1 saturated carbocycles. The summed E-state index contributed by atoms with van der Waals surface area (Å²) in [5.74, 6) is 1.01. The van der Waals surface area contributed by atoms with E-state index in [0.717, 1.165) is 25.2 Å². The van der Waals surface area contributed by atoms with Gasteiger partial charge in [-0.15, -0.1) is 0 Å². The highest BCUT2D eigenvalue weighted by Gasteiger charge is 2.42. The number of halogens is 1. The van der Waals surface area contributed by atoms with Crippen molar-refractivity contribution in [1.82, 2.24) is 0 Å². The number of ether oxygens (including phenoxy) is 2. The van der Waals surface area contributed by atoms with E-state index in [0.29, 0.717) is 4.83 Å². The van der Waals surface area contributed by atoms with E-state index in [1.807, 2.05) is 6.92 Å². The molecule has 0 heterocycles. The SMILES string of the molecule is CCOC1C(Br)CC1Oc1ccc(CC)cc1C(C)(C)C. The molecule has 2 nitrogen and oxygen atoms in total. The third-order valence-corrected chi connectivity index (χ3v) is 4.97. The molecule has 3 atom stereocenters. The lowest BCUT2D eigenvalue weighted by atomic mass is 9.84. The van der Waals surface area contributed by atoms with Gasteiger partial charge in [0, 0.05) is 17.9 Å². The van der Waals surface area contributed by atoms with Crippen LogP contribution in [0.4, 0.5) is 0 Å². The smallest absolute Gasteiger partial charge is 0.127 e. The average molecular weight is 355 g/mol. The summed E-state index contributed by atoms with van der Waals surface area (Å²) in [6.45, 7) is 11.7. The first-order valence-electron chi connectivity index (χ1n) is 7.92. The Balaban J connectivity index is 2.20. The number of benzene rings is 1. The van der Waals surface area contributed by atoms with E-state index < -0.39 is 0 Å². The topological polar surface area (TPSA) is 18.5 Å². The normalized spacial score (nSPS) is 25.5. The molecule has 0 spiro atoms. The van der Waals surface area contributed by atoms with Crippen molar-refractivity contribution < 1.29 is 9.47 Å². The van der Waals surface area contributed by atoms with E-state index in [1.165, 1.54) is 11.1 Å². The molecule has 0 radical (unpaired) electrons. The highest BCUT2D eigenvalue weighted by atomic mass is 79.9. The highest BCUT2D eigenvalue weighted by molar-refractivity contribution is 9.09. The molecule has 3 unspecified atom stereocenters. The van der Waals surface area contributed by atoms with Crippen molar-refractivity contribution in [2.24, 2.45) is 0 Å². The van der Waals surface area contributed by atoms with Crippen LogP contribution in [-0.4, -0.2) is 23.6 Å². The van der Waals surface area contributed by atoms with Gasteiger partial charge < -0.3 is 9.47 Å². The molecule has 0 amide bonds. The first kappa shape index (κ1) is 16.8. The van der Waals surface area contributed by atoms with Gasteiger partial charge in [0.25, 0.3) is 0 Å². The van der Waals surface area contributed by atoms with E-state index in [2.05, 4.69) is 61.8 Å². The Morgan fingerprint density at radius 1 is 1.24 bits per heavy atom. The zero-order chi connectivity index (χ0) is 15.6. The van der Waals surface area contributed by atoms with Crippen LogP contribution in [0.5, 0.6) is 5.75 Å². The summed E-state index contributed by atoms with van der Waals surface area (Å²) < 4.78 is 12.1. The Labute approximate surface area is 137 Å². The van der Waals surface area contributed by atoms with Crippen LogP contribution >= 0.6 is 15.9 Å². The molecule has 1 aliphatic rings. The fourth-order valence-corrected chi connectivity index (χ4v) is 3.56. The van der Waals surface area contributed by atoms with Gasteiger partial charge in [0.05, 0.1) is 0 Å². The van der Waals surface area contributed by atoms with Gasteiger partial charge in [-0.3, -0.25) is 0 Å².